The first-order chi connectivity index (χ1) is 7.25. The minimum absolute atomic E-state index is 0.592. The molecule has 0 fully saturated rings. The molecule has 1 aromatic heterocycles. The molecule has 0 unspecified atom stereocenters. The summed E-state index contributed by atoms with van der Waals surface area (Å²) in [4.78, 5) is 14.8. The third kappa shape index (κ3) is 2.55. The number of thiazole rings is 1. The average Bonchev–Trinajstić information content (AvgIpc) is 2.69. The molecule has 0 aliphatic rings. The van der Waals surface area contributed by atoms with E-state index >= 15 is 0 Å². The van der Waals surface area contributed by atoms with Crippen molar-refractivity contribution in [3.63, 3.8) is 0 Å². The number of halogens is 1. The van der Waals surface area contributed by atoms with Gasteiger partial charge in [-0.3, -0.25) is 4.79 Å². The fourth-order valence-corrected chi connectivity index (χ4v) is 1.90. The second kappa shape index (κ2) is 4.42. The second-order valence-electron chi connectivity index (χ2n) is 2.85. The van der Waals surface area contributed by atoms with Crippen LogP contribution < -0.4 is 5.32 Å². The van der Waals surface area contributed by atoms with Gasteiger partial charge < -0.3 is 5.32 Å². The number of aromatic nitrogens is 1. The monoisotopic (exact) mass is 238 g/mol. The van der Waals surface area contributed by atoms with Gasteiger partial charge in [0.15, 0.2) is 0 Å². The van der Waals surface area contributed by atoms with Gasteiger partial charge in [-0.2, -0.15) is 0 Å². The molecule has 0 radical (unpaired) electrons. The van der Waals surface area contributed by atoms with Gasteiger partial charge >= 0.3 is 5.37 Å². The van der Waals surface area contributed by atoms with Crippen LogP contribution in [0.15, 0.2) is 35.2 Å². The van der Waals surface area contributed by atoms with Crippen molar-refractivity contribution in [2.75, 3.05) is 5.32 Å². The van der Waals surface area contributed by atoms with Crippen LogP contribution in [0.5, 0.6) is 0 Å². The SMILES string of the molecule is O=C(Cl)Nc1cccc(-c2cscn2)c1. The van der Waals surface area contributed by atoms with E-state index in [1.54, 1.807) is 11.6 Å². The standard InChI is InChI=1S/C10H7ClN2OS/c11-10(14)13-8-3-1-2-7(4-8)9-5-15-6-12-9/h1-6H,(H,13,14). The van der Waals surface area contributed by atoms with Crippen LogP contribution in [0, 0.1) is 0 Å². The molecule has 0 atom stereocenters. The molecule has 1 amide bonds. The highest BCUT2D eigenvalue weighted by Crippen LogP contribution is 2.22. The van der Waals surface area contributed by atoms with E-state index in [9.17, 15) is 4.79 Å². The Morgan fingerprint density at radius 1 is 1.47 bits per heavy atom. The summed E-state index contributed by atoms with van der Waals surface area (Å²) in [7, 11) is 0. The van der Waals surface area contributed by atoms with Crippen LogP contribution in [-0.4, -0.2) is 10.4 Å². The van der Waals surface area contributed by atoms with Gasteiger partial charge in [-0.05, 0) is 23.7 Å². The van der Waals surface area contributed by atoms with Crippen molar-refractivity contribution in [3.8, 4) is 11.3 Å². The Balaban J connectivity index is 2.31. The van der Waals surface area contributed by atoms with Crippen molar-refractivity contribution >= 4 is 34.0 Å². The predicted molar refractivity (Wildman–Crippen MR) is 62.4 cm³/mol. The highest BCUT2D eigenvalue weighted by Gasteiger charge is 2.02. The average molecular weight is 239 g/mol. The molecule has 0 saturated heterocycles. The Morgan fingerprint density at radius 3 is 3.00 bits per heavy atom. The Bertz CT molecular complexity index is 470. The van der Waals surface area contributed by atoms with Crippen LogP contribution in [0.4, 0.5) is 10.5 Å². The van der Waals surface area contributed by atoms with Crippen LogP contribution in [0.2, 0.25) is 0 Å². The lowest BCUT2D eigenvalue weighted by Gasteiger charge is -2.02. The first kappa shape index (κ1) is 10.1. The first-order valence-electron chi connectivity index (χ1n) is 4.21. The molecular formula is C10H7ClN2OS. The van der Waals surface area contributed by atoms with Gasteiger partial charge in [0.1, 0.15) is 0 Å². The summed E-state index contributed by atoms with van der Waals surface area (Å²) in [5.41, 5.74) is 4.28. The largest absolute Gasteiger partial charge is 0.318 e. The number of hydrogen-bond acceptors (Lipinski definition) is 3. The molecule has 15 heavy (non-hydrogen) atoms. The number of amides is 1. The lowest BCUT2D eigenvalue weighted by Crippen LogP contribution is -2.00. The third-order valence-electron chi connectivity index (χ3n) is 1.83. The van der Waals surface area contributed by atoms with Gasteiger partial charge in [-0.15, -0.1) is 11.3 Å². The summed E-state index contributed by atoms with van der Waals surface area (Å²) in [6.07, 6.45) is 0. The maximum absolute atomic E-state index is 10.7. The summed E-state index contributed by atoms with van der Waals surface area (Å²) in [6, 6.07) is 7.38. The third-order valence-corrected chi connectivity index (χ3v) is 2.51. The molecule has 2 aromatic rings. The number of carbonyl (C=O) groups excluding carboxylic acids is 1. The minimum atomic E-state index is -0.592. The van der Waals surface area contributed by atoms with Crippen molar-refractivity contribution < 1.29 is 4.79 Å². The summed E-state index contributed by atoms with van der Waals surface area (Å²) in [5, 5.41) is 3.86. The number of nitrogens with zero attached hydrogens (tertiary/aromatic N) is 1. The molecule has 1 heterocycles. The normalized spacial score (nSPS) is 9.93. The fraction of sp³-hybridized carbons (Fsp3) is 0. The van der Waals surface area contributed by atoms with Crippen molar-refractivity contribution in [3.05, 3.63) is 35.2 Å². The zero-order chi connectivity index (χ0) is 10.7. The molecule has 1 N–H and O–H groups in total. The number of benzene rings is 1. The van der Waals surface area contributed by atoms with E-state index in [-0.39, 0.29) is 0 Å². The van der Waals surface area contributed by atoms with Gasteiger partial charge in [-0.25, -0.2) is 4.98 Å². The van der Waals surface area contributed by atoms with Crippen LogP contribution >= 0.6 is 22.9 Å². The number of anilines is 1. The molecule has 5 heteroatoms. The Hall–Kier alpha value is -1.39. The molecule has 0 aliphatic heterocycles. The quantitative estimate of drug-likeness (QED) is 0.642. The van der Waals surface area contributed by atoms with Gasteiger partial charge in [0.2, 0.25) is 0 Å². The second-order valence-corrected chi connectivity index (χ2v) is 3.92. The molecule has 0 spiro atoms. The topological polar surface area (TPSA) is 42.0 Å². The Labute approximate surface area is 95.7 Å². The number of hydrogen-bond donors (Lipinski definition) is 1. The minimum Gasteiger partial charge on any atom is -0.312 e. The van der Waals surface area contributed by atoms with Gasteiger partial charge in [-0.1, -0.05) is 12.1 Å². The van der Waals surface area contributed by atoms with Crippen molar-refractivity contribution in [2.45, 2.75) is 0 Å². The molecule has 76 valence electrons. The number of nitrogens with one attached hydrogen (secondary N) is 1. The zero-order valence-electron chi connectivity index (χ0n) is 7.61. The predicted octanol–water partition coefficient (Wildman–Crippen LogP) is 3.58. The molecule has 0 bridgehead atoms. The molecular weight excluding hydrogens is 232 g/mol. The first-order valence-corrected chi connectivity index (χ1v) is 5.53. The fourth-order valence-electron chi connectivity index (χ4n) is 1.22. The molecule has 0 aliphatic carbocycles. The van der Waals surface area contributed by atoms with E-state index in [0.29, 0.717) is 5.69 Å². The van der Waals surface area contributed by atoms with Crippen LogP contribution in [0.25, 0.3) is 11.3 Å². The van der Waals surface area contributed by atoms with E-state index in [0.717, 1.165) is 11.3 Å². The van der Waals surface area contributed by atoms with E-state index in [1.807, 2.05) is 23.6 Å². The molecule has 2 rings (SSSR count). The highest BCUT2D eigenvalue weighted by molar-refractivity contribution is 7.07. The lowest BCUT2D eigenvalue weighted by molar-refractivity contribution is 0.269. The van der Waals surface area contributed by atoms with Crippen LogP contribution in [0.1, 0.15) is 0 Å². The highest BCUT2D eigenvalue weighted by atomic mass is 35.5. The smallest absolute Gasteiger partial charge is 0.312 e. The van der Waals surface area contributed by atoms with E-state index < -0.39 is 5.37 Å². The van der Waals surface area contributed by atoms with Crippen LogP contribution in [-0.2, 0) is 0 Å². The van der Waals surface area contributed by atoms with Gasteiger partial charge in [0.25, 0.3) is 0 Å². The lowest BCUT2D eigenvalue weighted by atomic mass is 10.1. The maximum Gasteiger partial charge on any atom is 0.318 e. The molecule has 1 aromatic carbocycles. The van der Waals surface area contributed by atoms with Gasteiger partial charge in [0, 0.05) is 16.6 Å². The number of carbonyl (C=O) groups is 1. The van der Waals surface area contributed by atoms with Gasteiger partial charge in [0.05, 0.1) is 11.2 Å². The Morgan fingerprint density at radius 2 is 2.33 bits per heavy atom. The summed E-state index contributed by atoms with van der Waals surface area (Å²) in [6.45, 7) is 0. The number of rotatable bonds is 2. The van der Waals surface area contributed by atoms with Crippen molar-refractivity contribution in [1.29, 1.82) is 0 Å². The zero-order valence-corrected chi connectivity index (χ0v) is 9.18. The summed E-state index contributed by atoms with van der Waals surface area (Å²) >= 11 is 6.76. The van der Waals surface area contributed by atoms with Crippen molar-refractivity contribution in [2.24, 2.45) is 0 Å². The summed E-state index contributed by atoms with van der Waals surface area (Å²) in [5.74, 6) is 0. The summed E-state index contributed by atoms with van der Waals surface area (Å²) < 4.78 is 0. The van der Waals surface area contributed by atoms with E-state index in [2.05, 4.69) is 10.3 Å². The molecule has 3 nitrogen and oxygen atoms in total. The van der Waals surface area contributed by atoms with Crippen molar-refractivity contribution in [1.82, 2.24) is 4.98 Å². The maximum atomic E-state index is 10.7. The van der Waals surface area contributed by atoms with E-state index in [4.69, 9.17) is 11.6 Å². The Kier molecular flexibility index (Phi) is 2.99. The van der Waals surface area contributed by atoms with E-state index in [1.165, 1.54) is 11.3 Å². The van der Waals surface area contributed by atoms with Crippen LogP contribution in [0.3, 0.4) is 0 Å². The molecule has 0 saturated carbocycles.